The smallest absolute Gasteiger partial charge is 0.0587 e. The molecule has 14 heavy (non-hydrogen) atoms. The molecule has 1 saturated carbocycles. The second-order valence-electron chi connectivity index (χ2n) is 5.10. The Hall–Kier alpha value is -0.0800. The van der Waals surface area contributed by atoms with Crippen LogP contribution in [0.25, 0.3) is 0 Å². The van der Waals surface area contributed by atoms with Gasteiger partial charge in [-0.25, -0.2) is 0 Å². The molecule has 2 nitrogen and oxygen atoms in total. The lowest BCUT2D eigenvalue weighted by Gasteiger charge is -2.17. The minimum Gasteiger partial charge on any atom is -0.383 e. The van der Waals surface area contributed by atoms with Gasteiger partial charge in [-0.2, -0.15) is 0 Å². The van der Waals surface area contributed by atoms with E-state index >= 15 is 0 Å². The monoisotopic (exact) mass is 199 g/mol. The van der Waals surface area contributed by atoms with E-state index < -0.39 is 0 Å². The van der Waals surface area contributed by atoms with Crippen LogP contribution in [0.1, 0.15) is 39.5 Å². The molecule has 0 bridgehead atoms. The van der Waals surface area contributed by atoms with Gasteiger partial charge in [0.2, 0.25) is 0 Å². The fourth-order valence-corrected chi connectivity index (χ4v) is 1.81. The Morgan fingerprint density at radius 3 is 2.57 bits per heavy atom. The molecule has 0 aliphatic heterocycles. The van der Waals surface area contributed by atoms with Crippen LogP contribution in [-0.4, -0.2) is 26.8 Å². The van der Waals surface area contributed by atoms with Gasteiger partial charge in [-0.15, -0.1) is 0 Å². The standard InChI is InChI=1S/C12H25NO/c1-11(2)4-5-12(6-7-12)10-13-8-9-14-3/h11,13H,4-10H2,1-3H3. The molecule has 0 unspecified atom stereocenters. The van der Waals surface area contributed by atoms with E-state index in [4.69, 9.17) is 4.74 Å². The summed E-state index contributed by atoms with van der Waals surface area (Å²) in [6.45, 7) is 7.66. The average Bonchev–Trinajstić information content (AvgIpc) is 2.91. The van der Waals surface area contributed by atoms with Crippen LogP contribution >= 0.6 is 0 Å². The Morgan fingerprint density at radius 1 is 1.36 bits per heavy atom. The summed E-state index contributed by atoms with van der Waals surface area (Å²) >= 11 is 0. The maximum atomic E-state index is 5.01. The highest BCUT2D eigenvalue weighted by Gasteiger charge is 2.41. The molecule has 1 rings (SSSR count). The van der Waals surface area contributed by atoms with Crippen molar-refractivity contribution in [1.29, 1.82) is 0 Å². The lowest BCUT2D eigenvalue weighted by molar-refractivity contribution is 0.196. The molecule has 1 aliphatic carbocycles. The van der Waals surface area contributed by atoms with Crippen LogP contribution in [0.15, 0.2) is 0 Å². The summed E-state index contributed by atoms with van der Waals surface area (Å²) in [5.41, 5.74) is 0.665. The molecule has 0 aromatic heterocycles. The number of methoxy groups -OCH3 is 1. The first-order valence-corrected chi connectivity index (χ1v) is 5.88. The van der Waals surface area contributed by atoms with Crippen LogP contribution < -0.4 is 5.32 Å². The number of rotatable bonds is 8. The second kappa shape index (κ2) is 5.72. The van der Waals surface area contributed by atoms with Gasteiger partial charge in [-0.3, -0.25) is 0 Å². The van der Waals surface area contributed by atoms with Crippen molar-refractivity contribution in [3.63, 3.8) is 0 Å². The Morgan fingerprint density at radius 2 is 2.07 bits per heavy atom. The van der Waals surface area contributed by atoms with Gasteiger partial charge in [0.25, 0.3) is 0 Å². The zero-order chi connectivity index (χ0) is 10.4. The largest absolute Gasteiger partial charge is 0.383 e. The highest BCUT2D eigenvalue weighted by molar-refractivity contribution is 4.94. The van der Waals surface area contributed by atoms with Gasteiger partial charge >= 0.3 is 0 Å². The van der Waals surface area contributed by atoms with Crippen molar-refractivity contribution in [2.75, 3.05) is 26.8 Å². The molecule has 0 amide bonds. The van der Waals surface area contributed by atoms with Crippen LogP contribution in [-0.2, 0) is 4.74 Å². The molecule has 0 spiro atoms. The molecule has 0 radical (unpaired) electrons. The van der Waals surface area contributed by atoms with Gasteiger partial charge < -0.3 is 10.1 Å². The van der Waals surface area contributed by atoms with E-state index in [1.165, 1.54) is 32.2 Å². The summed E-state index contributed by atoms with van der Waals surface area (Å²) in [4.78, 5) is 0. The Bertz CT molecular complexity index is 152. The van der Waals surface area contributed by atoms with E-state index in [0.717, 1.165) is 19.1 Å². The normalized spacial score (nSPS) is 18.9. The van der Waals surface area contributed by atoms with E-state index in [-0.39, 0.29) is 0 Å². The maximum Gasteiger partial charge on any atom is 0.0587 e. The Kier molecular flexibility index (Phi) is 4.90. The third-order valence-electron chi connectivity index (χ3n) is 3.19. The van der Waals surface area contributed by atoms with Crippen molar-refractivity contribution in [2.45, 2.75) is 39.5 Å². The van der Waals surface area contributed by atoms with E-state index in [1.807, 2.05) is 0 Å². The molecule has 1 N–H and O–H groups in total. The fraction of sp³-hybridized carbons (Fsp3) is 1.00. The van der Waals surface area contributed by atoms with Crippen molar-refractivity contribution >= 4 is 0 Å². The molecule has 0 aromatic carbocycles. The Labute approximate surface area is 88.4 Å². The van der Waals surface area contributed by atoms with Crippen molar-refractivity contribution in [1.82, 2.24) is 5.32 Å². The molecular formula is C12H25NO. The predicted molar refractivity (Wildman–Crippen MR) is 60.5 cm³/mol. The van der Waals surface area contributed by atoms with Gasteiger partial charge in [0.15, 0.2) is 0 Å². The number of nitrogens with one attached hydrogen (secondary N) is 1. The lowest BCUT2D eigenvalue weighted by Crippen LogP contribution is -2.27. The topological polar surface area (TPSA) is 21.3 Å². The number of hydrogen-bond acceptors (Lipinski definition) is 2. The number of ether oxygens (including phenoxy) is 1. The van der Waals surface area contributed by atoms with E-state index in [0.29, 0.717) is 5.41 Å². The molecule has 0 atom stereocenters. The van der Waals surface area contributed by atoms with Crippen molar-refractivity contribution < 1.29 is 4.74 Å². The van der Waals surface area contributed by atoms with Gasteiger partial charge in [0, 0.05) is 20.2 Å². The van der Waals surface area contributed by atoms with Gasteiger partial charge in [0.1, 0.15) is 0 Å². The third kappa shape index (κ3) is 4.43. The molecule has 1 fully saturated rings. The van der Waals surface area contributed by atoms with E-state index in [2.05, 4.69) is 19.2 Å². The van der Waals surface area contributed by atoms with E-state index in [9.17, 15) is 0 Å². The zero-order valence-corrected chi connectivity index (χ0v) is 9.94. The maximum absolute atomic E-state index is 5.01. The summed E-state index contributed by atoms with van der Waals surface area (Å²) in [7, 11) is 1.76. The predicted octanol–water partition coefficient (Wildman–Crippen LogP) is 2.44. The quantitative estimate of drug-likeness (QED) is 0.606. The fourth-order valence-electron chi connectivity index (χ4n) is 1.81. The van der Waals surface area contributed by atoms with Gasteiger partial charge in [-0.1, -0.05) is 20.3 Å². The van der Waals surface area contributed by atoms with E-state index in [1.54, 1.807) is 7.11 Å². The summed E-state index contributed by atoms with van der Waals surface area (Å²) in [5, 5.41) is 3.49. The average molecular weight is 199 g/mol. The first-order valence-electron chi connectivity index (χ1n) is 5.88. The molecule has 0 heterocycles. The van der Waals surface area contributed by atoms with Crippen LogP contribution in [0, 0.1) is 11.3 Å². The molecule has 2 heteroatoms. The molecule has 0 aromatic rings. The van der Waals surface area contributed by atoms with Gasteiger partial charge in [0.05, 0.1) is 6.61 Å². The second-order valence-corrected chi connectivity index (χ2v) is 5.10. The molecule has 84 valence electrons. The van der Waals surface area contributed by atoms with Crippen molar-refractivity contribution in [3.8, 4) is 0 Å². The zero-order valence-electron chi connectivity index (χ0n) is 9.94. The van der Waals surface area contributed by atoms with Crippen LogP contribution in [0.3, 0.4) is 0 Å². The third-order valence-corrected chi connectivity index (χ3v) is 3.19. The minimum atomic E-state index is 0.665. The first kappa shape index (κ1) is 12.0. The summed E-state index contributed by atoms with van der Waals surface area (Å²) in [6.07, 6.45) is 5.65. The Balaban J connectivity index is 2.04. The van der Waals surface area contributed by atoms with Gasteiger partial charge in [-0.05, 0) is 30.6 Å². The SMILES string of the molecule is COCCNCC1(CCC(C)C)CC1. The van der Waals surface area contributed by atoms with Crippen molar-refractivity contribution in [2.24, 2.45) is 11.3 Å². The highest BCUT2D eigenvalue weighted by Crippen LogP contribution is 2.49. The molecule has 0 saturated heterocycles. The van der Waals surface area contributed by atoms with Crippen molar-refractivity contribution in [3.05, 3.63) is 0 Å². The molecular weight excluding hydrogens is 174 g/mol. The number of hydrogen-bond donors (Lipinski definition) is 1. The summed E-state index contributed by atoms with van der Waals surface area (Å²) in [6, 6.07) is 0. The summed E-state index contributed by atoms with van der Waals surface area (Å²) < 4.78 is 5.01. The van der Waals surface area contributed by atoms with Crippen LogP contribution in [0.5, 0.6) is 0 Å². The lowest BCUT2D eigenvalue weighted by atomic mass is 9.95. The van der Waals surface area contributed by atoms with Crippen LogP contribution in [0.4, 0.5) is 0 Å². The highest BCUT2D eigenvalue weighted by atomic mass is 16.5. The summed E-state index contributed by atoms with van der Waals surface area (Å²) in [5.74, 6) is 0.853. The minimum absolute atomic E-state index is 0.665. The first-order chi connectivity index (χ1) is 6.68. The molecule has 1 aliphatic rings. The van der Waals surface area contributed by atoms with Crippen LogP contribution in [0.2, 0.25) is 0 Å².